The minimum Gasteiger partial charge on any atom is -0.379 e. The van der Waals surface area contributed by atoms with Crippen molar-refractivity contribution < 1.29 is 0 Å². The first-order chi connectivity index (χ1) is 10.4. The van der Waals surface area contributed by atoms with Gasteiger partial charge in [-0.1, -0.05) is 18.2 Å². The highest BCUT2D eigenvalue weighted by Crippen LogP contribution is 2.33. The fourth-order valence-corrected chi connectivity index (χ4v) is 3.82. The molecule has 2 saturated heterocycles. The minimum absolute atomic E-state index is 0.449. The van der Waals surface area contributed by atoms with Gasteiger partial charge in [0.2, 0.25) is 0 Å². The minimum atomic E-state index is 0.449. The summed E-state index contributed by atoms with van der Waals surface area (Å²) in [6.45, 7) is 2.40. The second kappa shape index (κ2) is 5.01. The van der Waals surface area contributed by atoms with Gasteiger partial charge in [-0.3, -0.25) is 9.88 Å². The van der Waals surface area contributed by atoms with Crippen molar-refractivity contribution in [2.24, 2.45) is 0 Å². The summed E-state index contributed by atoms with van der Waals surface area (Å²) in [5.74, 6) is 0. The Morgan fingerprint density at radius 2 is 2.14 bits per heavy atom. The van der Waals surface area contributed by atoms with Crippen LogP contribution in [0, 0.1) is 11.3 Å². The average molecular weight is 278 g/mol. The molecular weight excluding hydrogens is 260 g/mol. The number of anilines is 1. The largest absolute Gasteiger partial charge is 0.379 e. The number of hydrogen-bond acceptors (Lipinski definition) is 4. The van der Waals surface area contributed by atoms with E-state index in [1.807, 2.05) is 24.3 Å². The summed E-state index contributed by atoms with van der Waals surface area (Å²) in [5.41, 5.74) is 2.55. The van der Waals surface area contributed by atoms with Crippen molar-refractivity contribution in [3.8, 4) is 6.07 Å². The second-order valence-corrected chi connectivity index (χ2v) is 5.96. The van der Waals surface area contributed by atoms with Crippen LogP contribution in [0.2, 0.25) is 0 Å². The molecule has 0 saturated carbocycles. The zero-order valence-electron chi connectivity index (χ0n) is 11.9. The van der Waals surface area contributed by atoms with Crippen LogP contribution in [0.4, 0.5) is 5.69 Å². The number of para-hydroxylation sites is 1. The summed E-state index contributed by atoms with van der Waals surface area (Å²) in [4.78, 5) is 6.96. The fourth-order valence-electron chi connectivity index (χ4n) is 3.82. The third-order valence-corrected chi connectivity index (χ3v) is 4.83. The summed E-state index contributed by atoms with van der Waals surface area (Å²) >= 11 is 0. The number of rotatable bonds is 2. The molecular formula is C17H18N4. The van der Waals surface area contributed by atoms with Gasteiger partial charge in [0.15, 0.2) is 0 Å². The third-order valence-electron chi connectivity index (χ3n) is 4.83. The van der Waals surface area contributed by atoms with Crippen LogP contribution in [0.25, 0.3) is 10.9 Å². The molecule has 2 aliphatic rings. The number of nitrogens with zero attached hydrogens (tertiary/aromatic N) is 3. The van der Waals surface area contributed by atoms with Crippen LogP contribution in [0.3, 0.4) is 0 Å². The van der Waals surface area contributed by atoms with Gasteiger partial charge in [-0.15, -0.1) is 0 Å². The van der Waals surface area contributed by atoms with Crippen molar-refractivity contribution >= 4 is 16.6 Å². The average Bonchev–Trinajstić information content (AvgIpc) is 3.12. The normalized spacial score (nSPS) is 24.9. The van der Waals surface area contributed by atoms with E-state index in [0.717, 1.165) is 23.0 Å². The Balaban J connectivity index is 1.74. The smallest absolute Gasteiger partial charge is 0.103 e. The van der Waals surface area contributed by atoms with Gasteiger partial charge in [0, 0.05) is 30.2 Å². The molecule has 2 fully saturated rings. The highest BCUT2D eigenvalue weighted by atomic mass is 15.2. The lowest BCUT2D eigenvalue weighted by Crippen LogP contribution is -2.34. The summed E-state index contributed by atoms with van der Waals surface area (Å²) in [6.07, 6.45) is 5.41. The molecule has 2 unspecified atom stereocenters. The quantitative estimate of drug-likeness (QED) is 0.917. The van der Waals surface area contributed by atoms with E-state index in [2.05, 4.69) is 21.3 Å². The van der Waals surface area contributed by atoms with Gasteiger partial charge in [-0.25, -0.2) is 0 Å². The molecule has 0 aliphatic carbocycles. The fraction of sp³-hybridized carbons (Fsp3) is 0.412. The van der Waals surface area contributed by atoms with Gasteiger partial charge in [0.1, 0.15) is 6.07 Å². The Morgan fingerprint density at radius 3 is 3.05 bits per heavy atom. The molecule has 4 nitrogen and oxygen atoms in total. The van der Waals surface area contributed by atoms with E-state index in [4.69, 9.17) is 0 Å². The van der Waals surface area contributed by atoms with E-state index in [1.54, 1.807) is 6.20 Å². The molecule has 106 valence electrons. The first-order valence-electron chi connectivity index (χ1n) is 7.65. The first kappa shape index (κ1) is 12.6. The molecule has 2 atom stereocenters. The van der Waals surface area contributed by atoms with E-state index in [1.165, 1.54) is 25.9 Å². The lowest BCUT2D eigenvalue weighted by Gasteiger charge is -2.23. The van der Waals surface area contributed by atoms with Crippen LogP contribution in [0.5, 0.6) is 0 Å². The van der Waals surface area contributed by atoms with E-state index in [9.17, 15) is 5.26 Å². The van der Waals surface area contributed by atoms with Crippen molar-refractivity contribution in [2.45, 2.75) is 31.3 Å². The van der Waals surface area contributed by atoms with Gasteiger partial charge in [-0.05, 0) is 31.9 Å². The standard InChI is InChI=1S/C17H18N4/c18-10-12-11-19-14-5-2-1-4-13(14)17(12)20-15-7-9-21-8-3-6-16(15)21/h1-2,4-5,11,15-16H,3,6-9H2,(H,19,20). The SMILES string of the molecule is N#Cc1cnc2ccccc2c1NC1CCN2CCCC12. The van der Waals surface area contributed by atoms with Crippen molar-refractivity contribution in [1.82, 2.24) is 9.88 Å². The molecule has 2 aliphatic heterocycles. The Labute approximate surface area is 124 Å². The topological polar surface area (TPSA) is 52.0 Å². The molecule has 4 heteroatoms. The molecule has 4 rings (SSSR count). The van der Waals surface area contributed by atoms with E-state index < -0.39 is 0 Å². The zero-order chi connectivity index (χ0) is 14.2. The third kappa shape index (κ3) is 2.05. The summed E-state index contributed by atoms with van der Waals surface area (Å²) in [7, 11) is 0. The number of fused-ring (bicyclic) bond motifs is 2. The molecule has 2 aromatic rings. The van der Waals surface area contributed by atoms with Gasteiger partial charge in [0.05, 0.1) is 16.8 Å². The Morgan fingerprint density at radius 1 is 1.24 bits per heavy atom. The highest BCUT2D eigenvalue weighted by molar-refractivity contribution is 5.94. The number of nitriles is 1. The lowest BCUT2D eigenvalue weighted by molar-refractivity contribution is 0.318. The van der Waals surface area contributed by atoms with Crippen LogP contribution in [0.1, 0.15) is 24.8 Å². The number of benzene rings is 1. The molecule has 21 heavy (non-hydrogen) atoms. The van der Waals surface area contributed by atoms with Crippen molar-refractivity contribution in [2.75, 3.05) is 18.4 Å². The maximum Gasteiger partial charge on any atom is 0.103 e. The van der Waals surface area contributed by atoms with Crippen molar-refractivity contribution in [3.63, 3.8) is 0 Å². The van der Waals surface area contributed by atoms with E-state index >= 15 is 0 Å². The molecule has 1 N–H and O–H groups in total. The predicted molar refractivity (Wildman–Crippen MR) is 83.1 cm³/mol. The van der Waals surface area contributed by atoms with Crippen LogP contribution >= 0.6 is 0 Å². The first-order valence-corrected chi connectivity index (χ1v) is 7.65. The predicted octanol–water partition coefficient (Wildman–Crippen LogP) is 2.76. The summed E-state index contributed by atoms with van der Waals surface area (Å²) < 4.78 is 0. The van der Waals surface area contributed by atoms with Crippen molar-refractivity contribution in [3.05, 3.63) is 36.0 Å². The Bertz CT molecular complexity index is 718. The monoisotopic (exact) mass is 278 g/mol. The molecule has 0 bridgehead atoms. The zero-order valence-corrected chi connectivity index (χ0v) is 11.9. The van der Waals surface area contributed by atoms with Crippen LogP contribution in [0.15, 0.2) is 30.5 Å². The number of aromatic nitrogens is 1. The van der Waals surface area contributed by atoms with Gasteiger partial charge in [-0.2, -0.15) is 5.26 Å². The number of pyridine rings is 1. The molecule has 1 aromatic carbocycles. The highest BCUT2D eigenvalue weighted by Gasteiger charge is 2.37. The van der Waals surface area contributed by atoms with Crippen molar-refractivity contribution in [1.29, 1.82) is 5.26 Å². The van der Waals surface area contributed by atoms with E-state index in [-0.39, 0.29) is 0 Å². The molecule has 1 aromatic heterocycles. The van der Waals surface area contributed by atoms with Crippen LogP contribution < -0.4 is 5.32 Å². The van der Waals surface area contributed by atoms with Gasteiger partial charge >= 0.3 is 0 Å². The van der Waals surface area contributed by atoms with E-state index in [0.29, 0.717) is 17.6 Å². The summed E-state index contributed by atoms with van der Waals surface area (Å²) in [6, 6.07) is 11.4. The Kier molecular flexibility index (Phi) is 3.01. The molecule has 3 heterocycles. The number of nitrogens with one attached hydrogen (secondary N) is 1. The van der Waals surface area contributed by atoms with Crippen LogP contribution in [-0.2, 0) is 0 Å². The van der Waals surface area contributed by atoms with Crippen LogP contribution in [-0.4, -0.2) is 35.1 Å². The van der Waals surface area contributed by atoms with Gasteiger partial charge < -0.3 is 5.32 Å². The number of hydrogen-bond donors (Lipinski definition) is 1. The Hall–Kier alpha value is -2.12. The molecule has 0 spiro atoms. The molecule has 0 radical (unpaired) electrons. The molecule has 0 amide bonds. The second-order valence-electron chi connectivity index (χ2n) is 5.96. The summed E-state index contributed by atoms with van der Waals surface area (Å²) in [5, 5.41) is 14.1. The maximum atomic E-state index is 9.40. The maximum absolute atomic E-state index is 9.40. The van der Waals surface area contributed by atoms with Gasteiger partial charge in [0.25, 0.3) is 0 Å². The lowest BCUT2D eigenvalue weighted by atomic mass is 10.0.